The van der Waals surface area contributed by atoms with Crippen LogP contribution >= 0.6 is 0 Å². The van der Waals surface area contributed by atoms with Crippen molar-refractivity contribution in [1.82, 2.24) is 24.3 Å². The van der Waals surface area contributed by atoms with Crippen LogP contribution < -0.4 is 5.73 Å². The summed E-state index contributed by atoms with van der Waals surface area (Å²) in [6.07, 6.45) is 2.72. The van der Waals surface area contributed by atoms with E-state index in [1.54, 1.807) is 0 Å². The van der Waals surface area contributed by atoms with Crippen molar-refractivity contribution in [2.45, 2.75) is 26.8 Å². The zero-order valence-corrected chi connectivity index (χ0v) is 12.0. The maximum Gasteiger partial charge on any atom is 0.202 e. The van der Waals surface area contributed by atoms with Crippen molar-refractivity contribution in [3.63, 3.8) is 0 Å². The van der Waals surface area contributed by atoms with Gasteiger partial charge in [0.2, 0.25) is 5.95 Å². The molecular weight excluding hydrogens is 252 g/mol. The summed E-state index contributed by atoms with van der Waals surface area (Å²) >= 11 is 0. The molecule has 3 heterocycles. The van der Waals surface area contributed by atoms with E-state index in [1.807, 2.05) is 35.5 Å². The van der Waals surface area contributed by atoms with E-state index in [2.05, 4.69) is 28.1 Å². The summed E-state index contributed by atoms with van der Waals surface area (Å²) in [4.78, 5) is 8.77. The third kappa shape index (κ3) is 1.93. The van der Waals surface area contributed by atoms with Crippen molar-refractivity contribution >= 4 is 17.1 Å². The molecule has 104 valence electrons. The first-order chi connectivity index (χ1) is 9.60. The molecular formula is C14H18N6. The quantitative estimate of drug-likeness (QED) is 0.785. The van der Waals surface area contributed by atoms with Crippen molar-refractivity contribution < 1.29 is 0 Å². The number of hydrogen-bond acceptors (Lipinski definition) is 4. The Morgan fingerprint density at radius 3 is 2.75 bits per heavy atom. The lowest BCUT2D eigenvalue weighted by molar-refractivity contribution is 0.718. The van der Waals surface area contributed by atoms with Crippen LogP contribution in [-0.2, 0) is 20.0 Å². The minimum absolute atomic E-state index is 0.517. The van der Waals surface area contributed by atoms with E-state index in [1.165, 1.54) is 0 Å². The third-order valence-electron chi connectivity index (χ3n) is 3.47. The molecule has 0 saturated carbocycles. The van der Waals surface area contributed by atoms with Crippen LogP contribution in [0.1, 0.15) is 23.9 Å². The van der Waals surface area contributed by atoms with E-state index in [-0.39, 0.29) is 0 Å². The number of imidazole rings is 1. The standard InChI is InChI=1S/C14H18N6/c1-4-11-12-13(19(3)18-11)20(14(15)17-12)8-10-6-5-9(2)16-7-10/h5-7H,4,8H2,1-3H3,(H2,15,17). The Balaban J connectivity index is 2.09. The van der Waals surface area contributed by atoms with Gasteiger partial charge in [0.1, 0.15) is 5.52 Å². The molecule has 3 aromatic rings. The van der Waals surface area contributed by atoms with Crippen molar-refractivity contribution in [1.29, 1.82) is 0 Å². The van der Waals surface area contributed by atoms with Gasteiger partial charge < -0.3 is 5.73 Å². The summed E-state index contributed by atoms with van der Waals surface area (Å²) in [5.74, 6) is 0.517. The molecule has 0 unspecified atom stereocenters. The van der Waals surface area contributed by atoms with Gasteiger partial charge in [-0.2, -0.15) is 5.10 Å². The molecule has 0 aliphatic rings. The van der Waals surface area contributed by atoms with Crippen LogP contribution in [-0.4, -0.2) is 24.3 Å². The molecule has 0 amide bonds. The maximum absolute atomic E-state index is 6.06. The second kappa shape index (κ2) is 4.63. The summed E-state index contributed by atoms with van der Waals surface area (Å²) in [6, 6.07) is 4.06. The molecule has 0 saturated heterocycles. The number of aromatic nitrogens is 5. The minimum Gasteiger partial charge on any atom is -0.369 e. The Morgan fingerprint density at radius 1 is 1.30 bits per heavy atom. The predicted molar refractivity (Wildman–Crippen MR) is 78.4 cm³/mol. The minimum atomic E-state index is 0.517. The largest absolute Gasteiger partial charge is 0.369 e. The van der Waals surface area contributed by atoms with Gasteiger partial charge in [-0.1, -0.05) is 13.0 Å². The van der Waals surface area contributed by atoms with Gasteiger partial charge in [-0.25, -0.2) is 4.98 Å². The highest BCUT2D eigenvalue weighted by atomic mass is 15.3. The van der Waals surface area contributed by atoms with Crippen molar-refractivity contribution in [2.24, 2.45) is 7.05 Å². The fourth-order valence-electron chi connectivity index (χ4n) is 2.43. The van der Waals surface area contributed by atoms with E-state index >= 15 is 0 Å². The fourth-order valence-corrected chi connectivity index (χ4v) is 2.43. The van der Waals surface area contributed by atoms with Gasteiger partial charge in [0, 0.05) is 18.9 Å². The van der Waals surface area contributed by atoms with Gasteiger partial charge in [0.05, 0.1) is 12.2 Å². The molecule has 6 heteroatoms. The van der Waals surface area contributed by atoms with Gasteiger partial charge in [-0.3, -0.25) is 14.2 Å². The lowest BCUT2D eigenvalue weighted by atomic mass is 10.2. The average molecular weight is 270 g/mol. The highest BCUT2D eigenvalue weighted by Crippen LogP contribution is 2.22. The molecule has 0 bridgehead atoms. The molecule has 0 aliphatic heterocycles. The smallest absolute Gasteiger partial charge is 0.202 e. The van der Waals surface area contributed by atoms with Crippen LogP contribution in [0, 0.1) is 6.92 Å². The van der Waals surface area contributed by atoms with Crippen LogP contribution in [0.5, 0.6) is 0 Å². The fraction of sp³-hybridized carbons (Fsp3) is 0.357. The van der Waals surface area contributed by atoms with E-state index in [0.29, 0.717) is 12.5 Å². The Kier molecular flexibility index (Phi) is 2.93. The number of nitrogens with two attached hydrogens (primary N) is 1. The monoisotopic (exact) mass is 270 g/mol. The number of anilines is 1. The summed E-state index contributed by atoms with van der Waals surface area (Å²) < 4.78 is 3.83. The molecule has 3 rings (SSSR count). The Morgan fingerprint density at radius 2 is 2.10 bits per heavy atom. The molecule has 0 fully saturated rings. The Hall–Kier alpha value is -2.37. The highest BCUT2D eigenvalue weighted by molar-refractivity contribution is 5.77. The van der Waals surface area contributed by atoms with Gasteiger partial charge in [0.25, 0.3) is 0 Å². The van der Waals surface area contributed by atoms with Crippen LogP contribution in [0.25, 0.3) is 11.2 Å². The second-order valence-electron chi connectivity index (χ2n) is 4.96. The lowest BCUT2D eigenvalue weighted by Gasteiger charge is -2.07. The number of nitrogen functional groups attached to an aromatic ring is 1. The Bertz CT molecular complexity index is 750. The Labute approximate surface area is 117 Å². The molecule has 20 heavy (non-hydrogen) atoms. The number of rotatable bonds is 3. The summed E-state index contributed by atoms with van der Waals surface area (Å²) in [5.41, 5.74) is 11.0. The van der Waals surface area contributed by atoms with Crippen molar-refractivity contribution in [3.05, 3.63) is 35.3 Å². The number of hydrogen-bond donors (Lipinski definition) is 1. The van der Waals surface area contributed by atoms with E-state index in [0.717, 1.165) is 34.5 Å². The van der Waals surface area contributed by atoms with E-state index in [9.17, 15) is 0 Å². The molecule has 0 atom stereocenters. The SMILES string of the molecule is CCc1nn(C)c2c1nc(N)n2Cc1ccc(C)nc1. The summed E-state index contributed by atoms with van der Waals surface area (Å²) in [5, 5.41) is 4.49. The van der Waals surface area contributed by atoms with Crippen LogP contribution in [0.15, 0.2) is 18.3 Å². The first kappa shape index (κ1) is 12.7. The normalized spacial score (nSPS) is 11.3. The molecule has 0 aliphatic carbocycles. The molecule has 0 radical (unpaired) electrons. The predicted octanol–water partition coefficient (Wildman–Crippen LogP) is 1.67. The zero-order valence-electron chi connectivity index (χ0n) is 12.0. The van der Waals surface area contributed by atoms with Crippen molar-refractivity contribution in [2.75, 3.05) is 5.73 Å². The topological polar surface area (TPSA) is 74.6 Å². The van der Waals surface area contributed by atoms with Gasteiger partial charge >= 0.3 is 0 Å². The van der Waals surface area contributed by atoms with E-state index in [4.69, 9.17) is 5.73 Å². The lowest BCUT2D eigenvalue weighted by Crippen LogP contribution is -2.08. The van der Waals surface area contributed by atoms with Crippen LogP contribution in [0.3, 0.4) is 0 Å². The van der Waals surface area contributed by atoms with Crippen LogP contribution in [0.4, 0.5) is 5.95 Å². The summed E-state index contributed by atoms with van der Waals surface area (Å²) in [7, 11) is 1.92. The molecule has 3 aromatic heterocycles. The van der Waals surface area contributed by atoms with E-state index < -0.39 is 0 Å². The van der Waals surface area contributed by atoms with Gasteiger partial charge in [0.15, 0.2) is 5.65 Å². The molecule has 6 nitrogen and oxygen atoms in total. The number of fused-ring (bicyclic) bond motifs is 1. The zero-order chi connectivity index (χ0) is 14.3. The highest BCUT2D eigenvalue weighted by Gasteiger charge is 2.17. The first-order valence-corrected chi connectivity index (χ1v) is 6.69. The van der Waals surface area contributed by atoms with Gasteiger partial charge in [-0.05, 0) is 25.0 Å². The number of pyridine rings is 1. The van der Waals surface area contributed by atoms with Crippen LogP contribution in [0.2, 0.25) is 0 Å². The average Bonchev–Trinajstić information content (AvgIpc) is 2.91. The number of aryl methyl sites for hydroxylation is 3. The third-order valence-corrected chi connectivity index (χ3v) is 3.47. The molecule has 0 aromatic carbocycles. The molecule has 2 N–H and O–H groups in total. The molecule has 0 spiro atoms. The number of nitrogens with zero attached hydrogens (tertiary/aromatic N) is 5. The summed E-state index contributed by atoms with van der Waals surface area (Å²) in [6.45, 7) is 4.70. The van der Waals surface area contributed by atoms with Gasteiger partial charge in [-0.15, -0.1) is 0 Å². The maximum atomic E-state index is 6.06. The van der Waals surface area contributed by atoms with Crippen molar-refractivity contribution in [3.8, 4) is 0 Å². The second-order valence-corrected chi connectivity index (χ2v) is 4.96. The first-order valence-electron chi connectivity index (χ1n) is 6.69.